The van der Waals surface area contributed by atoms with Gasteiger partial charge in [-0.1, -0.05) is 0 Å². The quantitative estimate of drug-likeness (QED) is 0.783. The van der Waals surface area contributed by atoms with Gasteiger partial charge < -0.3 is 14.0 Å². The second kappa shape index (κ2) is 5.54. The van der Waals surface area contributed by atoms with Crippen LogP contribution >= 0.6 is 0 Å². The molecule has 1 atom stereocenters. The lowest BCUT2D eigenvalue weighted by molar-refractivity contribution is -0.160. The standard InChI is InChI=1S/C11H24O5Si2/c1-11(14,10(13)16-18(5,6)7)8-9(12)15-17(2,3)4/h14H,8H2,1-7H3. The first-order chi connectivity index (χ1) is 7.73. The van der Waals surface area contributed by atoms with Gasteiger partial charge in [-0.3, -0.25) is 9.59 Å². The van der Waals surface area contributed by atoms with Crippen molar-refractivity contribution in [3.05, 3.63) is 0 Å². The molecule has 0 amide bonds. The third-order valence-electron chi connectivity index (χ3n) is 1.75. The summed E-state index contributed by atoms with van der Waals surface area (Å²) in [7, 11) is -4.09. The van der Waals surface area contributed by atoms with Gasteiger partial charge in [0.05, 0.1) is 6.42 Å². The van der Waals surface area contributed by atoms with Gasteiger partial charge in [0.25, 0.3) is 5.97 Å². The van der Waals surface area contributed by atoms with E-state index < -0.39 is 34.2 Å². The number of hydrogen-bond acceptors (Lipinski definition) is 5. The molecule has 5 nitrogen and oxygen atoms in total. The molecule has 0 heterocycles. The minimum absolute atomic E-state index is 0.374. The number of rotatable bonds is 5. The Labute approximate surface area is 111 Å². The molecule has 0 aliphatic rings. The molecular weight excluding hydrogens is 268 g/mol. The first-order valence-corrected chi connectivity index (χ1v) is 12.7. The van der Waals surface area contributed by atoms with Crippen LogP contribution in [0, 0.1) is 0 Å². The summed E-state index contributed by atoms with van der Waals surface area (Å²) in [5, 5.41) is 9.98. The summed E-state index contributed by atoms with van der Waals surface area (Å²) in [6, 6.07) is 0. The highest BCUT2D eigenvalue weighted by molar-refractivity contribution is 6.71. The fourth-order valence-electron chi connectivity index (χ4n) is 1.12. The van der Waals surface area contributed by atoms with Gasteiger partial charge in [0.2, 0.25) is 16.6 Å². The molecule has 0 rings (SSSR count). The Morgan fingerprint density at radius 3 is 1.72 bits per heavy atom. The van der Waals surface area contributed by atoms with Crippen molar-refractivity contribution in [2.24, 2.45) is 0 Å². The Morgan fingerprint density at radius 2 is 1.39 bits per heavy atom. The van der Waals surface area contributed by atoms with Crippen LogP contribution < -0.4 is 0 Å². The molecule has 0 bridgehead atoms. The first-order valence-electron chi connectivity index (χ1n) is 5.91. The number of hydrogen-bond donors (Lipinski definition) is 1. The van der Waals surface area contributed by atoms with Crippen molar-refractivity contribution in [2.75, 3.05) is 0 Å². The molecular formula is C11H24O5Si2. The maximum absolute atomic E-state index is 11.7. The topological polar surface area (TPSA) is 72.8 Å². The third kappa shape index (κ3) is 7.62. The monoisotopic (exact) mass is 292 g/mol. The summed E-state index contributed by atoms with van der Waals surface area (Å²) in [6.07, 6.45) is -0.374. The van der Waals surface area contributed by atoms with E-state index in [4.69, 9.17) is 8.85 Å². The van der Waals surface area contributed by atoms with E-state index in [-0.39, 0.29) is 6.42 Å². The maximum atomic E-state index is 11.7. The Balaban J connectivity index is 4.56. The first kappa shape index (κ1) is 17.3. The molecule has 1 N–H and O–H groups in total. The minimum Gasteiger partial charge on any atom is -0.520 e. The minimum atomic E-state index is -2.08. The van der Waals surface area contributed by atoms with E-state index in [0.29, 0.717) is 0 Å². The smallest absolute Gasteiger partial charge is 0.325 e. The highest BCUT2D eigenvalue weighted by Gasteiger charge is 2.38. The molecule has 1 unspecified atom stereocenters. The van der Waals surface area contributed by atoms with E-state index in [1.807, 2.05) is 39.3 Å². The molecule has 106 valence electrons. The molecule has 0 aromatic carbocycles. The summed E-state index contributed by atoms with van der Waals surface area (Å²) in [4.78, 5) is 23.3. The fourth-order valence-corrected chi connectivity index (χ4v) is 2.65. The van der Waals surface area contributed by atoms with Crippen LogP contribution in [0.25, 0.3) is 0 Å². The summed E-state index contributed by atoms with van der Waals surface area (Å²) >= 11 is 0. The highest BCUT2D eigenvalue weighted by atomic mass is 28.4. The molecule has 0 aliphatic carbocycles. The van der Waals surface area contributed by atoms with Gasteiger partial charge >= 0.3 is 5.97 Å². The largest absolute Gasteiger partial charge is 0.520 e. The summed E-state index contributed by atoms with van der Waals surface area (Å²) < 4.78 is 10.4. The van der Waals surface area contributed by atoms with Gasteiger partial charge in [-0.15, -0.1) is 0 Å². The van der Waals surface area contributed by atoms with Crippen LogP contribution in [0.2, 0.25) is 39.3 Å². The van der Waals surface area contributed by atoms with Crippen molar-refractivity contribution in [2.45, 2.75) is 58.2 Å². The predicted octanol–water partition coefficient (Wildman–Crippen LogP) is 1.88. The van der Waals surface area contributed by atoms with E-state index >= 15 is 0 Å². The molecule has 0 saturated carbocycles. The van der Waals surface area contributed by atoms with Crippen molar-refractivity contribution in [1.29, 1.82) is 0 Å². The predicted molar refractivity (Wildman–Crippen MR) is 74.1 cm³/mol. The zero-order valence-corrected chi connectivity index (χ0v) is 14.3. The van der Waals surface area contributed by atoms with Gasteiger partial charge in [0.15, 0.2) is 5.60 Å². The number of carbonyl (C=O) groups excluding carboxylic acids is 2. The molecule has 0 radical (unpaired) electrons. The average Bonchev–Trinajstić information content (AvgIpc) is 1.94. The van der Waals surface area contributed by atoms with Gasteiger partial charge in [-0.2, -0.15) is 0 Å². The highest BCUT2D eigenvalue weighted by Crippen LogP contribution is 2.17. The van der Waals surface area contributed by atoms with Crippen molar-refractivity contribution >= 4 is 28.6 Å². The Bertz CT molecular complexity index is 325. The van der Waals surface area contributed by atoms with Crippen LogP contribution in [-0.4, -0.2) is 39.3 Å². The molecule has 0 saturated heterocycles. The van der Waals surface area contributed by atoms with Crippen LogP contribution in [0.15, 0.2) is 0 Å². The van der Waals surface area contributed by atoms with E-state index in [2.05, 4.69) is 0 Å². The molecule has 0 aromatic heterocycles. The van der Waals surface area contributed by atoms with Crippen molar-refractivity contribution in [3.63, 3.8) is 0 Å². The second-order valence-electron chi connectivity index (χ2n) is 6.54. The molecule has 7 heteroatoms. The summed E-state index contributed by atoms with van der Waals surface area (Å²) in [5.41, 5.74) is -1.82. The number of carbonyl (C=O) groups is 2. The van der Waals surface area contributed by atoms with E-state index in [0.717, 1.165) is 0 Å². The zero-order chi connectivity index (χ0) is 14.8. The Hall–Kier alpha value is -0.666. The van der Waals surface area contributed by atoms with Gasteiger partial charge in [0.1, 0.15) is 0 Å². The maximum Gasteiger partial charge on any atom is 0.325 e. The molecule has 18 heavy (non-hydrogen) atoms. The lowest BCUT2D eigenvalue weighted by Gasteiger charge is -2.27. The number of aliphatic hydroxyl groups is 1. The van der Waals surface area contributed by atoms with Crippen LogP contribution in [0.5, 0.6) is 0 Å². The Kier molecular flexibility index (Phi) is 5.33. The normalized spacial score (nSPS) is 15.8. The second-order valence-corrected chi connectivity index (χ2v) is 15.4. The third-order valence-corrected chi connectivity index (χ3v) is 3.39. The fraction of sp³-hybridized carbons (Fsp3) is 0.818. The SMILES string of the molecule is CC(O)(CC(=O)O[Si](C)(C)C)C(=O)O[Si](C)(C)C. The van der Waals surface area contributed by atoms with Crippen molar-refractivity contribution < 1.29 is 23.5 Å². The van der Waals surface area contributed by atoms with Crippen LogP contribution in [0.4, 0.5) is 0 Å². The molecule has 0 spiro atoms. The zero-order valence-electron chi connectivity index (χ0n) is 12.3. The van der Waals surface area contributed by atoms with Crippen LogP contribution in [0.1, 0.15) is 13.3 Å². The van der Waals surface area contributed by atoms with Gasteiger partial charge in [-0.05, 0) is 46.2 Å². The van der Waals surface area contributed by atoms with E-state index in [1.54, 1.807) is 0 Å². The summed E-state index contributed by atoms with van der Waals surface area (Å²) in [6.45, 7) is 12.4. The lowest BCUT2D eigenvalue weighted by atomic mass is 10.0. The van der Waals surface area contributed by atoms with Gasteiger partial charge in [0, 0.05) is 0 Å². The van der Waals surface area contributed by atoms with Crippen molar-refractivity contribution in [1.82, 2.24) is 0 Å². The molecule has 0 aromatic rings. The Morgan fingerprint density at radius 1 is 1.00 bits per heavy atom. The molecule has 0 fully saturated rings. The average molecular weight is 292 g/mol. The lowest BCUT2D eigenvalue weighted by Crippen LogP contribution is -2.45. The van der Waals surface area contributed by atoms with E-state index in [1.165, 1.54) is 6.92 Å². The van der Waals surface area contributed by atoms with Gasteiger partial charge in [-0.25, -0.2) is 0 Å². The molecule has 0 aliphatic heterocycles. The van der Waals surface area contributed by atoms with Crippen LogP contribution in [-0.2, 0) is 18.4 Å². The van der Waals surface area contributed by atoms with E-state index in [9.17, 15) is 14.7 Å². The van der Waals surface area contributed by atoms with Crippen LogP contribution in [0.3, 0.4) is 0 Å². The summed E-state index contributed by atoms with van der Waals surface area (Å²) in [5.74, 6) is -1.32. The van der Waals surface area contributed by atoms with Crippen molar-refractivity contribution in [3.8, 4) is 0 Å².